The molecule has 0 bridgehead atoms. The van der Waals surface area contributed by atoms with Gasteiger partial charge in [-0.1, -0.05) is 0 Å². The van der Waals surface area contributed by atoms with Crippen LogP contribution in [-0.2, 0) is 11.2 Å². The molecule has 0 aromatic carbocycles. The Morgan fingerprint density at radius 2 is 2.25 bits per heavy atom. The summed E-state index contributed by atoms with van der Waals surface area (Å²) < 4.78 is 10.7. The van der Waals surface area contributed by atoms with E-state index in [-0.39, 0.29) is 6.10 Å². The quantitative estimate of drug-likeness (QED) is 0.824. The van der Waals surface area contributed by atoms with Crippen LogP contribution >= 0.6 is 0 Å². The van der Waals surface area contributed by atoms with Crippen LogP contribution in [0.15, 0.2) is 35.3 Å². The molecule has 1 N–H and O–H groups in total. The normalized spacial score (nSPS) is 20.8. The van der Waals surface area contributed by atoms with E-state index in [4.69, 9.17) is 9.15 Å². The lowest BCUT2D eigenvalue weighted by molar-refractivity contribution is 0.0639. The zero-order valence-electron chi connectivity index (χ0n) is 14.5. The van der Waals surface area contributed by atoms with Gasteiger partial charge in [0.15, 0.2) is 0 Å². The van der Waals surface area contributed by atoms with E-state index in [0.717, 1.165) is 37.4 Å². The summed E-state index contributed by atoms with van der Waals surface area (Å²) in [5.41, 5.74) is 1.16. The number of rotatable bonds is 7. The Morgan fingerprint density at radius 3 is 2.92 bits per heavy atom. The van der Waals surface area contributed by atoms with E-state index in [2.05, 4.69) is 39.2 Å². The monoisotopic (exact) mass is 331 g/mol. The summed E-state index contributed by atoms with van der Waals surface area (Å²) in [7, 11) is 5.94. The maximum absolute atomic E-state index is 5.62. The molecule has 0 saturated carbocycles. The molecule has 3 rings (SSSR count). The smallest absolute Gasteiger partial charge is 0.224 e. The summed E-state index contributed by atoms with van der Waals surface area (Å²) in [6.45, 7) is 2.51. The van der Waals surface area contributed by atoms with Crippen molar-refractivity contribution in [3.63, 3.8) is 0 Å². The van der Waals surface area contributed by atoms with Gasteiger partial charge in [0.25, 0.3) is 0 Å². The molecule has 2 aromatic rings. The summed E-state index contributed by atoms with van der Waals surface area (Å²) in [6, 6.07) is 4.28. The third-order valence-electron chi connectivity index (χ3n) is 4.44. The first kappa shape index (κ1) is 16.7. The van der Waals surface area contributed by atoms with Gasteiger partial charge >= 0.3 is 0 Å². The molecule has 2 atom stereocenters. The average Bonchev–Trinajstić information content (AvgIpc) is 3.24. The SMILES string of the molecule is CO[C@@H]1CN(c2ccnc(NCCc3ccoc3)n2)C[C@@H]1N(C)C. The standard InChI is InChI=1S/C17H25N5O2/c1-21(2)14-10-22(11-15(14)23-3)16-5-8-19-17(20-16)18-7-4-13-6-9-24-12-13/h5-6,8-9,12,14-15H,4,7,10-11H2,1-3H3,(H,18,19,20)/t14-,15+/m0/s1. The van der Waals surface area contributed by atoms with E-state index < -0.39 is 0 Å². The summed E-state index contributed by atoms with van der Waals surface area (Å²) >= 11 is 0. The lowest BCUT2D eigenvalue weighted by Crippen LogP contribution is -2.39. The fourth-order valence-electron chi connectivity index (χ4n) is 3.04. The van der Waals surface area contributed by atoms with E-state index >= 15 is 0 Å². The minimum absolute atomic E-state index is 0.187. The number of methoxy groups -OCH3 is 1. The number of hydrogen-bond acceptors (Lipinski definition) is 7. The van der Waals surface area contributed by atoms with Gasteiger partial charge in [-0.15, -0.1) is 0 Å². The number of likely N-dealkylation sites (N-methyl/N-ethyl adjacent to an activating group) is 1. The zero-order chi connectivity index (χ0) is 16.9. The van der Waals surface area contributed by atoms with Gasteiger partial charge in [0.1, 0.15) is 5.82 Å². The molecule has 24 heavy (non-hydrogen) atoms. The molecule has 0 aliphatic carbocycles. The fraction of sp³-hybridized carbons (Fsp3) is 0.529. The highest BCUT2D eigenvalue weighted by Crippen LogP contribution is 2.22. The van der Waals surface area contributed by atoms with Crippen molar-refractivity contribution in [3.8, 4) is 0 Å². The first-order valence-electron chi connectivity index (χ1n) is 8.19. The highest BCUT2D eigenvalue weighted by atomic mass is 16.5. The summed E-state index contributed by atoms with van der Waals surface area (Å²) in [5, 5.41) is 3.27. The number of hydrogen-bond donors (Lipinski definition) is 1. The van der Waals surface area contributed by atoms with Crippen LogP contribution in [0.4, 0.5) is 11.8 Å². The van der Waals surface area contributed by atoms with Crippen LogP contribution in [0, 0.1) is 0 Å². The summed E-state index contributed by atoms with van der Waals surface area (Å²) in [6.07, 6.45) is 6.31. The molecule has 0 amide bonds. The Bertz CT molecular complexity index is 632. The number of nitrogens with one attached hydrogen (secondary N) is 1. The van der Waals surface area contributed by atoms with Crippen molar-refractivity contribution in [2.75, 3.05) is 51.1 Å². The van der Waals surface area contributed by atoms with Crippen LogP contribution in [0.5, 0.6) is 0 Å². The molecular weight excluding hydrogens is 306 g/mol. The largest absolute Gasteiger partial charge is 0.472 e. The molecule has 2 aromatic heterocycles. The van der Waals surface area contributed by atoms with Crippen LogP contribution in [0.3, 0.4) is 0 Å². The predicted molar refractivity (Wildman–Crippen MR) is 93.4 cm³/mol. The van der Waals surface area contributed by atoms with E-state index in [1.807, 2.05) is 12.1 Å². The highest BCUT2D eigenvalue weighted by Gasteiger charge is 2.34. The number of nitrogens with zero attached hydrogens (tertiary/aromatic N) is 4. The molecule has 1 aliphatic rings. The topological polar surface area (TPSA) is 66.7 Å². The molecule has 7 nitrogen and oxygen atoms in total. The number of furan rings is 1. The predicted octanol–water partition coefficient (Wildman–Crippen LogP) is 1.49. The second-order valence-corrected chi connectivity index (χ2v) is 6.26. The first-order valence-corrected chi connectivity index (χ1v) is 8.19. The van der Waals surface area contributed by atoms with Gasteiger partial charge in [0, 0.05) is 32.9 Å². The fourth-order valence-corrected chi connectivity index (χ4v) is 3.04. The van der Waals surface area contributed by atoms with Crippen molar-refractivity contribution in [3.05, 3.63) is 36.4 Å². The molecule has 0 radical (unpaired) electrons. The molecule has 3 heterocycles. The van der Waals surface area contributed by atoms with Gasteiger partial charge in [0.2, 0.25) is 5.95 Å². The third kappa shape index (κ3) is 3.85. The maximum Gasteiger partial charge on any atom is 0.224 e. The molecule has 130 valence electrons. The van der Waals surface area contributed by atoms with Crippen molar-refractivity contribution in [1.29, 1.82) is 0 Å². The zero-order valence-corrected chi connectivity index (χ0v) is 14.5. The summed E-state index contributed by atoms with van der Waals surface area (Å²) in [5.74, 6) is 1.58. The lowest BCUT2D eigenvalue weighted by Gasteiger charge is -2.23. The molecule has 0 spiro atoms. The molecule has 1 saturated heterocycles. The maximum atomic E-state index is 5.62. The van der Waals surface area contributed by atoms with Gasteiger partial charge in [0.05, 0.1) is 24.7 Å². The second-order valence-electron chi connectivity index (χ2n) is 6.26. The van der Waals surface area contributed by atoms with E-state index in [0.29, 0.717) is 12.0 Å². The Hall–Kier alpha value is -2.12. The van der Waals surface area contributed by atoms with Crippen LogP contribution in [0.25, 0.3) is 0 Å². The molecule has 7 heteroatoms. The van der Waals surface area contributed by atoms with Crippen molar-refractivity contribution in [1.82, 2.24) is 14.9 Å². The minimum Gasteiger partial charge on any atom is -0.472 e. The van der Waals surface area contributed by atoms with Crippen molar-refractivity contribution < 1.29 is 9.15 Å². The Morgan fingerprint density at radius 1 is 1.38 bits per heavy atom. The van der Waals surface area contributed by atoms with Gasteiger partial charge in [-0.3, -0.25) is 0 Å². The number of aromatic nitrogens is 2. The minimum atomic E-state index is 0.187. The van der Waals surface area contributed by atoms with Crippen molar-refractivity contribution in [2.45, 2.75) is 18.6 Å². The molecule has 1 aliphatic heterocycles. The van der Waals surface area contributed by atoms with Gasteiger partial charge in [-0.2, -0.15) is 4.98 Å². The van der Waals surface area contributed by atoms with E-state index in [1.165, 1.54) is 0 Å². The Kier molecular flexibility index (Phi) is 5.32. The third-order valence-corrected chi connectivity index (χ3v) is 4.44. The first-order chi connectivity index (χ1) is 11.7. The van der Waals surface area contributed by atoms with Crippen molar-refractivity contribution >= 4 is 11.8 Å². The molecule has 0 unspecified atom stereocenters. The molecular formula is C17H25N5O2. The van der Waals surface area contributed by atoms with Crippen LogP contribution in [0.1, 0.15) is 5.56 Å². The van der Waals surface area contributed by atoms with Crippen molar-refractivity contribution in [2.24, 2.45) is 0 Å². The Balaban J connectivity index is 1.60. The lowest BCUT2D eigenvalue weighted by atomic mass is 10.2. The highest BCUT2D eigenvalue weighted by molar-refractivity contribution is 5.44. The summed E-state index contributed by atoms with van der Waals surface area (Å²) in [4.78, 5) is 13.4. The molecule has 1 fully saturated rings. The number of ether oxygens (including phenoxy) is 1. The van der Waals surface area contributed by atoms with E-state index in [9.17, 15) is 0 Å². The Labute approximate surface area is 142 Å². The number of anilines is 2. The van der Waals surface area contributed by atoms with Gasteiger partial charge in [-0.05, 0) is 38.2 Å². The van der Waals surface area contributed by atoms with Gasteiger partial charge < -0.3 is 24.3 Å². The van der Waals surface area contributed by atoms with Crippen LogP contribution in [-0.4, -0.2) is 67.9 Å². The van der Waals surface area contributed by atoms with Crippen LogP contribution < -0.4 is 10.2 Å². The van der Waals surface area contributed by atoms with E-state index in [1.54, 1.807) is 25.8 Å². The second kappa shape index (κ2) is 7.63. The van der Waals surface area contributed by atoms with Gasteiger partial charge in [-0.25, -0.2) is 4.98 Å². The van der Waals surface area contributed by atoms with Crippen LogP contribution in [0.2, 0.25) is 0 Å². The average molecular weight is 331 g/mol.